The van der Waals surface area contributed by atoms with Crippen molar-refractivity contribution in [2.45, 2.75) is 31.3 Å². The molecule has 1 aliphatic rings. The predicted octanol–water partition coefficient (Wildman–Crippen LogP) is 3.82. The number of nitrogens with two attached hydrogens (primary N) is 1. The van der Waals surface area contributed by atoms with Crippen molar-refractivity contribution in [1.82, 2.24) is 10.2 Å². The molecule has 2 atom stereocenters. The first-order valence-corrected chi connectivity index (χ1v) is 10.1. The van der Waals surface area contributed by atoms with Crippen LogP contribution in [0.1, 0.15) is 42.5 Å². The molecule has 0 unspecified atom stereocenters. The summed E-state index contributed by atoms with van der Waals surface area (Å²) >= 11 is 6.29. The second-order valence-electron chi connectivity index (χ2n) is 7.15. The number of nitrogens with one attached hydrogen (secondary N) is 1. The molecule has 1 fully saturated rings. The molecule has 7 nitrogen and oxygen atoms in total. The van der Waals surface area contributed by atoms with Crippen LogP contribution < -0.4 is 20.5 Å². The van der Waals surface area contributed by atoms with Gasteiger partial charge in [-0.05, 0) is 42.2 Å². The zero-order valence-electron chi connectivity index (χ0n) is 17.1. The molecule has 1 aliphatic heterocycles. The number of rotatable bonds is 7. The number of carbonyl (C=O) groups excluding carboxylic acids is 2. The van der Waals surface area contributed by atoms with E-state index in [0.717, 1.165) is 18.4 Å². The highest BCUT2D eigenvalue weighted by Crippen LogP contribution is 2.38. The number of benzene rings is 2. The Hall–Kier alpha value is -2.93. The van der Waals surface area contributed by atoms with Crippen molar-refractivity contribution < 1.29 is 19.1 Å². The number of likely N-dealkylation sites (tertiary alicyclic amines) is 1. The van der Waals surface area contributed by atoms with Crippen LogP contribution in [0.5, 0.6) is 11.5 Å². The summed E-state index contributed by atoms with van der Waals surface area (Å²) in [5.41, 5.74) is 6.99. The molecule has 8 heteroatoms. The van der Waals surface area contributed by atoms with E-state index in [2.05, 4.69) is 5.32 Å². The van der Waals surface area contributed by atoms with Crippen LogP contribution in [0, 0.1) is 0 Å². The highest BCUT2D eigenvalue weighted by atomic mass is 35.5. The van der Waals surface area contributed by atoms with Crippen molar-refractivity contribution in [3.63, 3.8) is 0 Å². The third kappa shape index (κ3) is 4.79. The molecule has 3 rings (SSSR count). The van der Waals surface area contributed by atoms with E-state index >= 15 is 0 Å². The summed E-state index contributed by atoms with van der Waals surface area (Å²) < 4.78 is 10.7. The van der Waals surface area contributed by atoms with Crippen molar-refractivity contribution in [3.8, 4) is 11.5 Å². The molecule has 0 aromatic heterocycles. The SMILES string of the molecule is COc1ccc([C@H]2CCCN2C(=O)C[C@@H](NC(N)=O)c2ccccc2Cl)cc1OC. The number of primary amides is 1. The van der Waals surface area contributed by atoms with Gasteiger partial charge in [0, 0.05) is 11.6 Å². The van der Waals surface area contributed by atoms with Crippen molar-refractivity contribution in [1.29, 1.82) is 0 Å². The summed E-state index contributed by atoms with van der Waals surface area (Å²) in [4.78, 5) is 26.6. The third-order valence-electron chi connectivity index (χ3n) is 5.34. The molecule has 3 amide bonds. The average Bonchev–Trinajstić information content (AvgIpc) is 3.23. The lowest BCUT2D eigenvalue weighted by Gasteiger charge is -2.28. The number of hydrogen-bond acceptors (Lipinski definition) is 4. The maximum absolute atomic E-state index is 13.2. The number of amides is 3. The Bertz CT molecular complexity index is 921. The molecule has 1 heterocycles. The van der Waals surface area contributed by atoms with Gasteiger partial charge in [-0.3, -0.25) is 4.79 Å². The number of carbonyl (C=O) groups is 2. The monoisotopic (exact) mass is 431 g/mol. The fourth-order valence-electron chi connectivity index (χ4n) is 3.93. The zero-order chi connectivity index (χ0) is 21.7. The number of hydrogen-bond donors (Lipinski definition) is 2. The first-order chi connectivity index (χ1) is 14.4. The molecule has 1 saturated heterocycles. The zero-order valence-corrected chi connectivity index (χ0v) is 17.8. The summed E-state index contributed by atoms with van der Waals surface area (Å²) in [6.45, 7) is 0.643. The Kier molecular flexibility index (Phi) is 7.05. The van der Waals surface area contributed by atoms with E-state index in [9.17, 15) is 9.59 Å². The average molecular weight is 432 g/mol. The van der Waals surface area contributed by atoms with Gasteiger partial charge in [-0.25, -0.2) is 4.79 Å². The minimum Gasteiger partial charge on any atom is -0.493 e. The first kappa shape index (κ1) is 21.8. The molecular formula is C22H26ClN3O4. The fraction of sp³-hybridized carbons (Fsp3) is 0.364. The van der Waals surface area contributed by atoms with Gasteiger partial charge < -0.3 is 25.4 Å². The van der Waals surface area contributed by atoms with Crippen molar-refractivity contribution in [3.05, 3.63) is 58.6 Å². The van der Waals surface area contributed by atoms with Crippen LogP contribution in [0.15, 0.2) is 42.5 Å². The second-order valence-corrected chi connectivity index (χ2v) is 7.55. The maximum Gasteiger partial charge on any atom is 0.312 e. The largest absolute Gasteiger partial charge is 0.493 e. The van der Waals surface area contributed by atoms with Gasteiger partial charge in [-0.1, -0.05) is 35.9 Å². The van der Waals surface area contributed by atoms with Crippen molar-refractivity contribution in [2.75, 3.05) is 20.8 Å². The van der Waals surface area contributed by atoms with Crippen molar-refractivity contribution in [2.24, 2.45) is 5.73 Å². The predicted molar refractivity (Wildman–Crippen MR) is 115 cm³/mol. The molecule has 0 aliphatic carbocycles. The molecule has 160 valence electrons. The molecule has 0 saturated carbocycles. The molecule has 0 bridgehead atoms. The van der Waals surface area contributed by atoms with Crippen LogP contribution in [0.4, 0.5) is 4.79 Å². The highest BCUT2D eigenvalue weighted by molar-refractivity contribution is 6.31. The van der Waals surface area contributed by atoms with Crippen LogP contribution in [0.25, 0.3) is 0 Å². The quantitative estimate of drug-likeness (QED) is 0.696. The number of methoxy groups -OCH3 is 2. The lowest BCUT2D eigenvalue weighted by molar-refractivity contribution is -0.132. The van der Waals surface area contributed by atoms with Gasteiger partial charge in [-0.15, -0.1) is 0 Å². The highest BCUT2D eigenvalue weighted by Gasteiger charge is 2.32. The van der Waals surface area contributed by atoms with Crippen LogP contribution in [0.3, 0.4) is 0 Å². The minimum absolute atomic E-state index is 0.0659. The number of halogens is 1. The Morgan fingerprint density at radius 3 is 2.60 bits per heavy atom. The molecule has 0 radical (unpaired) electrons. The lowest BCUT2D eigenvalue weighted by atomic mass is 10.0. The van der Waals surface area contributed by atoms with Crippen LogP contribution in [-0.4, -0.2) is 37.6 Å². The van der Waals surface area contributed by atoms with Gasteiger partial charge in [-0.2, -0.15) is 0 Å². The first-order valence-electron chi connectivity index (χ1n) is 9.76. The van der Waals surface area contributed by atoms with Crippen LogP contribution >= 0.6 is 11.6 Å². The summed E-state index contributed by atoms with van der Waals surface area (Å²) in [6, 6.07) is 11.4. The van der Waals surface area contributed by atoms with Gasteiger partial charge in [0.15, 0.2) is 11.5 Å². The second kappa shape index (κ2) is 9.71. The van der Waals surface area contributed by atoms with E-state index in [1.807, 2.05) is 29.2 Å². The Morgan fingerprint density at radius 2 is 1.93 bits per heavy atom. The number of urea groups is 1. The van der Waals surface area contributed by atoms with E-state index in [1.54, 1.807) is 32.4 Å². The van der Waals surface area contributed by atoms with Gasteiger partial charge in [0.25, 0.3) is 0 Å². The Balaban J connectivity index is 1.82. The summed E-state index contributed by atoms with van der Waals surface area (Å²) in [6.07, 6.45) is 1.81. The van der Waals surface area contributed by atoms with E-state index in [-0.39, 0.29) is 18.4 Å². The van der Waals surface area contributed by atoms with Crippen molar-refractivity contribution >= 4 is 23.5 Å². The lowest BCUT2D eigenvalue weighted by Crippen LogP contribution is -2.38. The van der Waals surface area contributed by atoms with Gasteiger partial charge in [0.2, 0.25) is 5.91 Å². The van der Waals surface area contributed by atoms with E-state index < -0.39 is 12.1 Å². The third-order valence-corrected chi connectivity index (χ3v) is 5.69. The van der Waals surface area contributed by atoms with Crippen LogP contribution in [-0.2, 0) is 4.79 Å². The smallest absolute Gasteiger partial charge is 0.312 e. The summed E-state index contributed by atoms with van der Waals surface area (Å²) in [5.74, 6) is 1.19. The maximum atomic E-state index is 13.2. The Morgan fingerprint density at radius 1 is 1.20 bits per heavy atom. The van der Waals surface area contributed by atoms with E-state index in [1.165, 1.54) is 0 Å². The minimum atomic E-state index is -0.703. The number of ether oxygens (including phenoxy) is 2. The number of nitrogens with zero attached hydrogens (tertiary/aromatic N) is 1. The normalized spacial score (nSPS) is 16.8. The summed E-state index contributed by atoms with van der Waals surface area (Å²) in [5, 5.41) is 3.12. The van der Waals surface area contributed by atoms with Gasteiger partial charge in [0.1, 0.15) is 0 Å². The topological polar surface area (TPSA) is 93.9 Å². The van der Waals surface area contributed by atoms with Gasteiger partial charge >= 0.3 is 6.03 Å². The molecular weight excluding hydrogens is 406 g/mol. The van der Waals surface area contributed by atoms with Crippen LogP contribution in [0.2, 0.25) is 5.02 Å². The molecule has 2 aromatic rings. The Labute approximate surface area is 181 Å². The molecule has 3 N–H and O–H groups in total. The van der Waals surface area contributed by atoms with E-state index in [0.29, 0.717) is 28.6 Å². The van der Waals surface area contributed by atoms with E-state index in [4.69, 9.17) is 26.8 Å². The molecule has 2 aromatic carbocycles. The molecule has 0 spiro atoms. The fourth-order valence-corrected chi connectivity index (χ4v) is 4.20. The standard InChI is InChI=1S/C22H26ClN3O4/c1-29-19-10-9-14(12-20(19)30-2)18-8-5-11-26(18)21(27)13-17(25-22(24)28)15-6-3-4-7-16(15)23/h3-4,6-7,9-10,12,17-18H,5,8,11,13H2,1-2H3,(H3,24,25,28)/t17-,18-/m1/s1. The summed E-state index contributed by atoms with van der Waals surface area (Å²) in [7, 11) is 3.17. The van der Waals surface area contributed by atoms with Gasteiger partial charge in [0.05, 0.1) is 32.7 Å². The molecule has 30 heavy (non-hydrogen) atoms.